The van der Waals surface area contributed by atoms with E-state index in [1.807, 2.05) is 0 Å². The Kier molecular flexibility index (Phi) is 47.0. The van der Waals surface area contributed by atoms with Crippen LogP contribution in [0.1, 0.15) is 0 Å². The van der Waals surface area contributed by atoms with Crippen LogP contribution in [0.3, 0.4) is 0 Å². The molecule has 0 fully saturated rings. The quantitative estimate of drug-likeness (QED) is 0.298. The Morgan fingerprint density at radius 3 is 0.818 bits per heavy atom. The first kappa shape index (κ1) is 22.9. The van der Waals surface area contributed by atoms with Gasteiger partial charge in [-0.1, -0.05) is 0 Å². The van der Waals surface area contributed by atoms with Gasteiger partial charge in [0.2, 0.25) is 0 Å². The molecule has 7 nitrogen and oxygen atoms in total. The van der Waals surface area contributed by atoms with E-state index in [2.05, 4.69) is 49.0 Å². The van der Waals surface area contributed by atoms with E-state index in [1.165, 1.54) is 0 Å². The molecule has 0 aromatic carbocycles. The molecule has 11 heteroatoms. The van der Waals surface area contributed by atoms with Gasteiger partial charge < -0.3 is 19.2 Å². The molecule has 0 aliphatic heterocycles. The Labute approximate surface area is 88.5 Å². The molecule has 3 N–H and O–H groups in total. The molecule has 0 saturated heterocycles. The van der Waals surface area contributed by atoms with Crippen LogP contribution in [0.25, 0.3) is 0 Å². The third kappa shape index (κ3) is 439. The van der Waals surface area contributed by atoms with Crippen molar-refractivity contribution in [2.45, 2.75) is 0 Å². The summed E-state index contributed by atoms with van der Waals surface area (Å²) in [5.41, 5.74) is 0. The number of hydrogen-bond acceptors (Lipinski definition) is 7. The molecule has 11 heavy (non-hydrogen) atoms. The molecular weight excluding hydrogens is 334 g/mol. The summed E-state index contributed by atoms with van der Waals surface area (Å²) in [5.74, 6) is 0. The summed E-state index contributed by atoms with van der Waals surface area (Å²) in [5, 5.41) is 0. The van der Waals surface area contributed by atoms with E-state index in [9.17, 15) is 0 Å². The molecule has 0 radical (unpaired) electrons. The van der Waals surface area contributed by atoms with Crippen LogP contribution in [0.2, 0.25) is 0 Å². The Hall–Kier alpha value is 1.55. The average molecular weight is 337 g/mol. The summed E-state index contributed by atoms with van der Waals surface area (Å²) in [6.07, 6.45) is 0. The second-order valence-electron chi connectivity index (χ2n) is 0.447. The van der Waals surface area contributed by atoms with Crippen LogP contribution in [0.5, 0.6) is 0 Å². The van der Waals surface area contributed by atoms with Gasteiger partial charge in [-0.15, -0.1) is 0 Å². The van der Waals surface area contributed by atoms with Crippen molar-refractivity contribution < 1.29 is 80.8 Å². The second kappa shape index (κ2) is 22.6. The standard InChI is InChI=1S/3Cu.H3O4P.3H2O/c;;;1-5(2,3)4;;;/h;;;(H3,1,2,3,4);3*1H2/q3*+2;;;;/p-6. The molecule has 0 bridgehead atoms. The van der Waals surface area contributed by atoms with Gasteiger partial charge >= 0.3 is 61.6 Å². The van der Waals surface area contributed by atoms with Gasteiger partial charge in [-0.2, -0.15) is 7.82 Å². The third-order valence-electron chi connectivity index (χ3n) is 0. The molecule has 0 heterocycles. The molecule has 83 valence electrons. The monoisotopic (exact) mass is 335 g/mol. The van der Waals surface area contributed by atoms with Crippen LogP contribution in [0, 0.1) is 0 Å². The molecule has 0 atom stereocenters. The summed E-state index contributed by atoms with van der Waals surface area (Å²) in [6.45, 7) is 0. The molecule has 0 amide bonds. The van der Waals surface area contributed by atoms with E-state index in [0.29, 0.717) is 0 Å². The average Bonchev–Trinajstić information content (AvgIpc) is 1.96. The molecule has 0 rings (SSSR count). The normalized spacial score (nSPS) is 7.27. The van der Waals surface area contributed by atoms with Gasteiger partial charge in [-0.05, 0) is 0 Å². The first-order chi connectivity index (χ1) is 5.00. The van der Waals surface area contributed by atoms with Gasteiger partial charge in [0.25, 0.3) is 0 Å². The van der Waals surface area contributed by atoms with Crippen LogP contribution < -0.4 is 14.7 Å². The van der Waals surface area contributed by atoms with Gasteiger partial charge in [0.15, 0.2) is 0 Å². The Morgan fingerprint density at radius 1 is 0.818 bits per heavy atom. The van der Waals surface area contributed by atoms with E-state index < -0.39 is 7.82 Å². The van der Waals surface area contributed by atoms with Crippen LogP contribution in [0.4, 0.5) is 0 Å². The zero-order valence-electron chi connectivity index (χ0n) is 4.33. The topological polar surface area (TPSA) is 147 Å². The van der Waals surface area contributed by atoms with Crippen LogP contribution in [-0.2, 0) is 53.6 Å². The van der Waals surface area contributed by atoms with Crippen LogP contribution in [-0.4, -0.2) is 12.6 Å². The van der Waals surface area contributed by atoms with Crippen molar-refractivity contribution in [3.05, 3.63) is 0 Å². The van der Waals surface area contributed by atoms with Crippen molar-refractivity contribution in [1.82, 2.24) is 0 Å². The molecule has 0 aliphatic rings. The van der Waals surface area contributed by atoms with E-state index in [1.54, 1.807) is 0 Å². The molecule has 0 saturated carbocycles. The fourth-order valence-corrected chi connectivity index (χ4v) is 0. The Balaban J connectivity index is -0.0000000350. The van der Waals surface area contributed by atoms with Crippen molar-refractivity contribution in [2.75, 3.05) is 0 Å². The fraction of sp³-hybridized carbons (Fsp3) is 0. The SMILES string of the molecule is O=P([O-])([O-])[O-].[OH][Cu+].[OH][Cu+].[OH][Cu+]. The third-order valence-corrected chi connectivity index (χ3v) is 0. The second-order valence-corrected chi connectivity index (χ2v) is 1.34. The molecule has 0 unspecified atom stereocenters. The zero-order chi connectivity index (χ0) is 10.5. The maximum atomic E-state index is 8.55. The first-order valence-corrected chi connectivity index (χ1v) is 3.86. The maximum absolute atomic E-state index is 8.55. The Morgan fingerprint density at radius 2 is 0.818 bits per heavy atom. The molecular formula is H3Cu3O7P. The van der Waals surface area contributed by atoms with E-state index in [-0.39, 0.29) is 0 Å². The minimum atomic E-state index is -5.39. The van der Waals surface area contributed by atoms with Gasteiger partial charge in [-0.25, -0.2) is 0 Å². The predicted molar refractivity (Wildman–Crippen MR) is 14.3 cm³/mol. The first-order valence-electron chi connectivity index (χ1n) is 1.13. The summed E-state index contributed by atoms with van der Waals surface area (Å²) in [6, 6.07) is 0. The van der Waals surface area contributed by atoms with Gasteiger partial charge in [0.05, 0.1) is 0 Å². The number of rotatable bonds is 0. The van der Waals surface area contributed by atoms with Crippen molar-refractivity contribution in [3.8, 4) is 0 Å². The van der Waals surface area contributed by atoms with Crippen LogP contribution >= 0.6 is 7.82 Å². The predicted octanol–water partition coefficient (Wildman–Crippen LogP) is -4.50. The van der Waals surface area contributed by atoms with E-state index in [4.69, 9.17) is 31.8 Å². The van der Waals surface area contributed by atoms with E-state index in [0.717, 1.165) is 0 Å². The van der Waals surface area contributed by atoms with E-state index >= 15 is 0 Å². The molecule has 0 aromatic heterocycles. The number of hydrogen-bond donors (Lipinski definition) is 3. The number of phosphoric acid groups is 1. The van der Waals surface area contributed by atoms with Crippen molar-refractivity contribution in [1.29, 1.82) is 0 Å². The zero-order valence-corrected chi connectivity index (χ0v) is 8.05. The summed E-state index contributed by atoms with van der Waals surface area (Å²) in [4.78, 5) is 25.6. The van der Waals surface area contributed by atoms with Crippen molar-refractivity contribution in [3.63, 3.8) is 0 Å². The molecule has 0 aromatic rings. The van der Waals surface area contributed by atoms with Gasteiger partial charge in [0, 0.05) is 0 Å². The van der Waals surface area contributed by atoms with Crippen molar-refractivity contribution >= 4 is 7.82 Å². The van der Waals surface area contributed by atoms with Gasteiger partial charge in [0.1, 0.15) is 0 Å². The summed E-state index contributed by atoms with van der Waals surface area (Å²) < 4.78 is 28.2. The molecule has 0 spiro atoms. The minimum absolute atomic E-state index is 3.19. The Bertz CT molecular complexity index is 59.8. The van der Waals surface area contributed by atoms with Crippen LogP contribution in [0.15, 0.2) is 0 Å². The summed E-state index contributed by atoms with van der Waals surface area (Å²) >= 11 is 9.56. The summed E-state index contributed by atoms with van der Waals surface area (Å²) in [7, 11) is -5.39. The molecule has 0 aliphatic carbocycles. The van der Waals surface area contributed by atoms with Crippen molar-refractivity contribution in [2.24, 2.45) is 0 Å². The fourth-order valence-electron chi connectivity index (χ4n) is 0. The van der Waals surface area contributed by atoms with Gasteiger partial charge in [-0.3, -0.25) is 0 Å².